The first-order chi connectivity index (χ1) is 17.7. The molecule has 1 heterocycles. The lowest BCUT2D eigenvalue weighted by Crippen LogP contribution is -2.20. The third kappa shape index (κ3) is 6.82. The third-order valence-electron chi connectivity index (χ3n) is 5.01. The van der Waals surface area contributed by atoms with E-state index in [1.807, 2.05) is 6.07 Å². The lowest BCUT2D eigenvalue weighted by Gasteiger charge is -2.12. The number of anilines is 5. The number of pyridine rings is 1. The van der Waals surface area contributed by atoms with Gasteiger partial charge in [-0.15, -0.1) is 0 Å². The topological polar surface area (TPSA) is 95.2 Å². The highest BCUT2D eigenvalue weighted by molar-refractivity contribution is 6.04. The highest BCUT2D eigenvalue weighted by Gasteiger charge is 2.31. The standard InChI is InChI=1S/C26H19F4N5O2/c27-21-11-6-17(26(28,29)30)14-22(21)34-25(37)33-19-9-7-18(8-10-19)32-20-12-13-31-23(15-20)35-24(36)16-4-2-1-3-5-16/h1-15H,(H2,33,34,37)(H2,31,32,35,36). The molecule has 0 aliphatic carbocycles. The molecule has 0 saturated heterocycles. The summed E-state index contributed by atoms with van der Waals surface area (Å²) in [6, 6.07) is 19.2. The number of halogens is 4. The van der Waals surface area contributed by atoms with E-state index in [0.717, 1.165) is 0 Å². The zero-order valence-corrected chi connectivity index (χ0v) is 18.9. The predicted molar refractivity (Wildman–Crippen MR) is 132 cm³/mol. The molecule has 188 valence electrons. The average Bonchev–Trinajstić information content (AvgIpc) is 2.86. The van der Waals surface area contributed by atoms with E-state index in [1.54, 1.807) is 60.7 Å². The molecule has 3 aromatic carbocycles. The van der Waals surface area contributed by atoms with Crippen LogP contribution in [0.15, 0.2) is 91.1 Å². The van der Waals surface area contributed by atoms with Crippen LogP contribution >= 0.6 is 0 Å². The Kier molecular flexibility index (Phi) is 7.33. The van der Waals surface area contributed by atoms with Gasteiger partial charge in [0.25, 0.3) is 5.91 Å². The number of benzene rings is 3. The normalized spacial score (nSPS) is 10.9. The summed E-state index contributed by atoms with van der Waals surface area (Å²) in [6.45, 7) is 0. The first-order valence-corrected chi connectivity index (χ1v) is 10.8. The lowest BCUT2D eigenvalue weighted by atomic mass is 10.2. The molecule has 1 aromatic heterocycles. The number of hydrogen-bond acceptors (Lipinski definition) is 4. The number of alkyl halides is 3. The SMILES string of the molecule is O=C(Nc1ccc(Nc2ccnc(NC(=O)c3ccccc3)c2)cc1)Nc1cc(C(F)(F)F)ccc1F. The Labute approximate surface area is 208 Å². The van der Waals surface area contributed by atoms with Crippen LogP contribution in [-0.4, -0.2) is 16.9 Å². The van der Waals surface area contributed by atoms with E-state index in [9.17, 15) is 27.2 Å². The van der Waals surface area contributed by atoms with Crippen LogP contribution in [-0.2, 0) is 6.18 Å². The van der Waals surface area contributed by atoms with Gasteiger partial charge in [-0.05, 0) is 60.7 Å². The van der Waals surface area contributed by atoms with Crippen molar-refractivity contribution < 1.29 is 27.2 Å². The summed E-state index contributed by atoms with van der Waals surface area (Å²) in [5.41, 5.74) is 0.404. The van der Waals surface area contributed by atoms with Gasteiger partial charge in [-0.2, -0.15) is 13.2 Å². The van der Waals surface area contributed by atoms with Gasteiger partial charge in [-0.3, -0.25) is 4.79 Å². The monoisotopic (exact) mass is 509 g/mol. The Morgan fingerprint density at radius 1 is 0.730 bits per heavy atom. The van der Waals surface area contributed by atoms with Crippen LogP contribution in [0.3, 0.4) is 0 Å². The molecule has 11 heteroatoms. The van der Waals surface area contributed by atoms with Gasteiger partial charge in [0.1, 0.15) is 11.6 Å². The maximum absolute atomic E-state index is 13.9. The summed E-state index contributed by atoms with van der Waals surface area (Å²) in [6.07, 6.45) is -3.15. The quantitative estimate of drug-likeness (QED) is 0.213. The van der Waals surface area contributed by atoms with E-state index in [0.29, 0.717) is 46.6 Å². The van der Waals surface area contributed by atoms with Crippen LogP contribution in [0.2, 0.25) is 0 Å². The molecule has 4 rings (SSSR count). The van der Waals surface area contributed by atoms with Crippen molar-refractivity contribution in [2.45, 2.75) is 6.18 Å². The number of amides is 3. The highest BCUT2D eigenvalue weighted by Crippen LogP contribution is 2.32. The Balaban J connectivity index is 1.36. The molecule has 37 heavy (non-hydrogen) atoms. The summed E-state index contributed by atoms with van der Waals surface area (Å²) < 4.78 is 52.4. The number of urea groups is 1. The Morgan fingerprint density at radius 2 is 1.43 bits per heavy atom. The minimum Gasteiger partial charge on any atom is -0.355 e. The molecule has 0 atom stereocenters. The maximum Gasteiger partial charge on any atom is 0.416 e. The van der Waals surface area contributed by atoms with Crippen molar-refractivity contribution >= 4 is 40.5 Å². The van der Waals surface area contributed by atoms with Crippen LogP contribution in [0.25, 0.3) is 0 Å². The summed E-state index contributed by atoms with van der Waals surface area (Å²) in [5, 5.41) is 10.4. The minimum absolute atomic E-state index is 0.302. The van der Waals surface area contributed by atoms with Gasteiger partial charge < -0.3 is 21.3 Å². The number of aromatic nitrogens is 1. The van der Waals surface area contributed by atoms with Gasteiger partial charge >= 0.3 is 12.2 Å². The summed E-state index contributed by atoms with van der Waals surface area (Å²) >= 11 is 0. The molecule has 7 nitrogen and oxygen atoms in total. The lowest BCUT2D eigenvalue weighted by molar-refractivity contribution is -0.137. The number of carbonyl (C=O) groups is 2. The third-order valence-corrected chi connectivity index (χ3v) is 5.01. The zero-order valence-electron chi connectivity index (χ0n) is 18.9. The van der Waals surface area contributed by atoms with Gasteiger partial charge in [0.15, 0.2) is 0 Å². The molecule has 0 aliphatic heterocycles. The van der Waals surface area contributed by atoms with Crippen molar-refractivity contribution in [2.24, 2.45) is 0 Å². The number of hydrogen-bond donors (Lipinski definition) is 4. The number of nitrogens with zero attached hydrogens (tertiary/aromatic N) is 1. The van der Waals surface area contributed by atoms with Gasteiger partial charge in [0.05, 0.1) is 11.3 Å². The van der Waals surface area contributed by atoms with E-state index in [1.165, 1.54) is 6.20 Å². The van der Waals surface area contributed by atoms with Gasteiger partial charge in [0.2, 0.25) is 0 Å². The molecule has 0 bridgehead atoms. The molecule has 0 aliphatic rings. The molecule has 0 fully saturated rings. The molecular formula is C26H19F4N5O2. The second-order valence-electron chi connectivity index (χ2n) is 7.72. The van der Waals surface area contributed by atoms with Crippen LogP contribution in [0.4, 0.5) is 50.9 Å². The fourth-order valence-electron chi connectivity index (χ4n) is 3.24. The second-order valence-corrected chi connectivity index (χ2v) is 7.72. The molecule has 0 saturated carbocycles. The molecular weight excluding hydrogens is 490 g/mol. The number of rotatable bonds is 6. The summed E-state index contributed by atoms with van der Waals surface area (Å²) in [5.74, 6) is -0.959. The van der Waals surface area contributed by atoms with E-state index in [-0.39, 0.29) is 5.91 Å². The molecule has 4 N–H and O–H groups in total. The van der Waals surface area contributed by atoms with Gasteiger partial charge in [-0.25, -0.2) is 14.2 Å². The minimum atomic E-state index is -4.67. The molecule has 0 spiro atoms. The first kappa shape index (κ1) is 25.2. The van der Waals surface area contributed by atoms with Crippen molar-refractivity contribution in [3.05, 3.63) is 108 Å². The van der Waals surface area contributed by atoms with Crippen molar-refractivity contribution in [1.82, 2.24) is 4.98 Å². The maximum atomic E-state index is 13.9. The fraction of sp³-hybridized carbons (Fsp3) is 0.0385. The largest absolute Gasteiger partial charge is 0.416 e. The smallest absolute Gasteiger partial charge is 0.355 e. The Hall–Kier alpha value is -4.93. The van der Waals surface area contributed by atoms with Crippen LogP contribution < -0.4 is 21.3 Å². The molecule has 0 unspecified atom stereocenters. The predicted octanol–water partition coefficient (Wildman–Crippen LogP) is 6.88. The zero-order chi connectivity index (χ0) is 26.4. The van der Waals surface area contributed by atoms with Crippen molar-refractivity contribution in [2.75, 3.05) is 21.3 Å². The van der Waals surface area contributed by atoms with E-state index >= 15 is 0 Å². The van der Waals surface area contributed by atoms with Gasteiger partial charge in [0, 0.05) is 34.9 Å². The Bertz CT molecular complexity index is 1410. The van der Waals surface area contributed by atoms with Crippen molar-refractivity contribution in [3.8, 4) is 0 Å². The first-order valence-electron chi connectivity index (χ1n) is 10.8. The number of nitrogens with one attached hydrogen (secondary N) is 4. The number of carbonyl (C=O) groups excluding carboxylic acids is 2. The van der Waals surface area contributed by atoms with Gasteiger partial charge in [-0.1, -0.05) is 18.2 Å². The van der Waals surface area contributed by atoms with Crippen LogP contribution in [0.5, 0.6) is 0 Å². The second kappa shape index (κ2) is 10.8. The van der Waals surface area contributed by atoms with Crippen molar-refractivity contribution in [3.63, 3.8) is 0 Å². The van der Waals surface area contributed by atoms with E-state index in [4.69, 9.17) is 0 Å². The van der Waals surface area contributed by atoms with Crippen molar-refractivity contribution in [1.29, 1.82) is 0 Å². The molecule has 0 radical (unpaired) electrons. The van der Waals surface area contributed by atoms with Crippen LogP contribution in [0, 0.1) is 5.82 Å². The van der Waals surface area contributed by atoms with E-state index < -0.39 is 29.3 Å². The molecule has 3 amide bonds. The summed E-state index contributed by atoms with van der Waals surface area (Å²) in [4.78, 5) is 28.6. The molecule has 4 aromatic rings. The average molecular weight is 509 g/mol. The van der Waals surface area contributed by atoms with E-state index in [2.05, 4.69) is 26.3 Å². The highest BCUT2D eigenvalue weighted by atomic mass is 19.4. The summed E-state index contributed by atoms with van der Waals surface area (Å²) in [7, 11) is 0. The Morgan fingerprint density at radius 3 is 2.14 bits per heavy atom. The fourth-order valence-corrected chi connectivity index (χ4v) is 3.24. The van der Waals surface area contributed by atoms with Crippen LogP contribution in [0.1, 0.15) is 15.9 Å².